The molecule has 0 fully saturated rings. The molecule has 0 radical (unpaired) electrons. The van der Waals surface area contributed by atoms with E-state index in [1.807, 2.05) is 0 Å². The predicted molar refractivity (Wildman–Crippen MR) is 96.3 cm³/mol. The second-order valence-electron chi connectivity index (χ2n) is 5.85. The van der Waals surface area contributed by atoms with Gasteiger partial charge in [0.1, 0.15) is 5.82 Å². The largest absolute Gasteiger partial charge is 0.505 e. The van der Waals surface area contributed by atoms with E-state index < -0.39 is 18.1 Å². The number of fused-ring (bicyclic) bond motifs is 1. The Hall–Kier alpha value is -2.87. The molecule has 28 heavy (non-hydrogen) atoms. The van der Waals surface area contributed by atoms with Crippen molar-refractivity contribution >= 4 is 34.5 Å². The first-order valence-electron chi connectivity index (χ1n) is 7.98. The van der Waals surface area contributed by atoms with Crippen molar-refractivity contribution in [3.63, 3.8) is 0 Å². The number of hydrogen-bond donors (Lipinski definition) is 0. The Kier molecular flexibility index (Phi) is 5.42. The average Bonchev–Trinajstić information content (AvgIpc) is 3.02. The van der Waals surface area contributed by atoms with Gasteiger partial charge in [-0.2, -0.15) is 9.78 Å². The highest BCUT2D eigenvalue weighted by Crippen LogP contribution is 2.32. The first-order chi connectivity index (χ1) is 13.2. The molecule has 1 heterocycles. The predicted octanol–water partition coefficient (Wildman–Crippen LogP) is 5.08. The Morgan fingerprint density at radius 1 is 1.25 bits per heavy atom. The number of methoxy groups -OCH3 is 1. The minimum Gasteiger partial charge on any atom is -0.466 e. The third-order valence-electron chi connectivity index (χ3n) is 4.04. The van der Waals surface area contributed by atoms with Crippen LogP contribution in [0.25, 0.3) is 17.0 Å². The van der Waals surface area contributed by atoms with Gasteiger partial charge >= 0.3 is 12.3 Å². The normalized spacial score (nSPS) is 12.1. The topological polar surface area (TPSA) is 44.1 Å². The summed E-state index contributed by atoms with van der Waals surface area (Å²) in [6.45, 7) is 0. The Morgan fingerprint density at radius 3 is 2.64 bits per heavy atom. The highest BCUT2D eigenvalue weighted by atomic mass is 35.5. The van der Waals surface area contributed by atoms with E-state index in [1.54, 1.807) is 6.07 Å². The van der Waals surface area contributed by atoms with Crippen LogP contribution in [0.3, 0.4) is 0 Å². The van der Waals surface area contributed by atoms with E-state index >= 15 is 0 Å². The molecule has 0 spiro atoms. The fourth-order valence-corrected chi connectivity index (χ4v) is 2.97. The molecule has 0 N–H and O–H groups in total. The van der Waals surface area contributed by atoms with Gasteiger partial charge in [-0.3, -0.25) is 0 Å². The Balaban J connectivity index is 2.18. The standard InChI is InChI=1S/C19H13ClF4N2O2/c1-28-17(27)8-7-15-18-12(9-11-5-6-13(20)10-14(11)21)3-2-4-16(18)26(25-15)19(22,23)24/h2-8,10H,9H2,1H3/b8-7+. The molecule has 3 aromatic rings. The highest BCUT2D eigenvalue weighted by Gasteiger charge is 2.34. The van der Waals surface area contributed by atoms with Crippen LogP contribution in [0, 0.1) is 5.82 Å². The zero-order chi connectivity index (χ0) is 20.5. The molecule has 146 valence electrons. The minimum atomic E-state index is -4.76. The van der Waals surface area contributed by atoms with Crippen LogP contribution in [-0.2, 0) is 22.3 Å². The molecule has 4 nitrogen and oxygen atoms in total. The summed E-state index contributed by atoms with van der Waals surface area (Å²) in [5.41, 5.74) is 0.393. The molecule has 2 aromatic carbocycles. The summed E-state index contributed by atoms with van der Waals surface area (Å²) < 4.78 is 58.7. The summed E-state index contributed by atoms with van der Waals surface area (Å²) in [6, 6.07) is 8.37. The quantitative estimate of drug-likeness (QED) is 0.341. The van der Waals surface area contributed by atoms with Crippen molar-refractivity contribution in [1.82, 2.24) is 9.78 Å². The van der Waals surface area contributed by atoms with E-state index in [-0.39, 0.29) is 38.3 Å². The summed E-state index contributed by atoms with van der Waals surface area (Å²) in [7, 11) is 1.15. The van der Waals surface area contributed by atoms with Crippen molar-refractivity contribution in [2.75, 3.05) is 7.11 Å². The number of carbonyl (C=O) groups is 1. The first kappa shape index (κ1) is 19.9. The lowest BCUT2D eigenvalue weighted by molar-refractivity contribution is -0.209. The fourth-order valence-electron chi connectivity index (χ4n) is 2.81. The molecule has 0 amide bonds. The van der Waals surface area contributed by atoms with E-state index in [9.17, 15) is 22.4 Å². The SMILES string of the molecule is COC(=O)/C=C/c1nn(C(F)(F)F)c2cccc(Cc3ccc(Cl)cc3F)c12. The van der Waals surface area contributed by atoms with Gasteiger partial charge in [-0.15, -0.1) is 13.2 Å². The van der Waals surface area contributed by atoms with Crippen molar-refractivity contribution < 1.29 is 27.1 Å². The molecule has 0 saturated heterocycles. The van der Waals surface area contributed by atoms with Gasteiger partial charge < -0.3 is 4.74 Å². The van der Waals surface area contributed by atoms with Crippen molar-refractivity contribution in [2.24, 2.45) is 0 Å². The van der Waals surface area contributed by atoms with Gasteiger partial charge in [0.25, 0.3) is 0 Å². The number of alkyl halides is 3. The van der Waals surface area contributed by atoms with Crippen molar-refractivity contribution in [3.8, 4) is 0 Å². The fraction of sp³-hybridized carbons (Fsp3) is 0.158. The van der Waals surface area contributed by atoms with Gasteiger partial charge in [-0.05, 0) is 35.4 Å². The molecular weight excluding hydrogens is 400 g/mol. The molecule has 0 unspecified atom stereocenters. The van der Waals surface area contributed by atoms with Crippen LogP contribution in [0.5, 0.6) is 0 Å². The van der Waals surface area contributed by atoms with E-state index in [1.165, 1.54) is 24.3 Å². The molecule has 1 aromatic heterocycles. The number of rotatable bonds is 4. The minimum absolute atomic E-state index is 0.0168. The maximum absolute atomic E-state index is 14.2. The van der Waals surface area contributed by atoms with E-state index in [0.29, 0.717) is 5.56 Å². The Labute approximate surface area is 162 Å². The highest BCUT2D eigenvalue weighted by molar-refractivity contribution is 6.30. The summed E-state index contributed by atoms with van der Waals surface area (Å²) >= 11 is 5.75. The van der Waals surface area contributed by atoms with Gasteiger partial charge in [-0.25, -0.2) is 9.18 Å². The van der Waals surface area contributed by atoms with Crippen molar-refractivity contribution in [3.05, 3.63) is 70.1 Å². The zero-order valence-electron chi connectivity index (χ0n) is 14.4. The van der Waals surface area contributed by atoms with Crippen LogP contribution in [-0.4, -0.2) is 22.9 Å². The molecule has 9 heteroatoms. The lowest BCUT2D eigenvalue weighted by atomic mass is 9.99. The van der Waals surface area contributed by atoms with Crippen LogP contribution < -0.4 is 0 Å². The van der Waals surface area contributed by atoms with Crippen molar-refractivity contribution in [1.29, 1.82) is 0 Å². The molecule has 0 aliphatic carbocycles. The van der Waals surface area contributed by atoms with Crippen molar-refractivity contribution in [2.45, 2.75) is 12.7 Å². The lowest BCUT2D eigenvalue weighted by Gasteiger charge is -2.09. The summed E-state index contributed by atoms with van der Waals surface area (Å²) in [5, 5.41) is 3.96. The Bertz CT molecular complexity index is 1070. The molecule has 0 atom stereocenters. The Morgan fingerprint density at radius 2 is 2.00 bits per heavy atom. The van der Waals surface area contributed by atoms with Crippen LogP contribution >= 0.6 is 11.6 Å². The monoisotopic (exact) mass is 412 g/mol. The zero-order valence-corrected chi connectivity index (χ0v) is 15.2. The number of aromatic nitrogens is 2. The third-order valence-corrected chi connectivity index (χ3v) is 4.27. The molecule has 0 aliphatic heterocycles. The van der Waals surface area contributed by atoms with Crippen LogP contribution in [0.4, 0.5) is 17.6 Å². The van der Waals surface area contributed by atoms with Crippen LogP contribution in [0.15, 0.2) is 42.5 Å². The number of halogens is 5. The number of esters is 1. The maximum Gasteiger partial charge on any atom is 0.505 e. The molecule has 0 bridgehead atoms. The molecular formula is C19H13ClF4N2O2. The van der Waals surface area contributed by atoms with Crippen LogP contribution in [0.2, 0.25) is 5.02 Å². The van der Waals surface area contributed by atoms with Crippen LogP contribution in [0.1, 0.15) is 16.8 Å². The smallest absolute Gasteiger partial charge is 0.466 e. The average molecular weight is 413 g/mol. The second kappa shape index (κ2) is 7.63. The number of ether oxygens (including phenoxy) is 1. The van der Waals surface area contributed by atoms with Gasteiger partial charge in [-0.1, -0.05) is 29.8 Å². The maximum atomic E-state index is 14.2. The number of hydrogen-bond acceptors (Lipinski definition) is 3. The number of nitrogens with zero attached hydrogens (tertiary/aromatic N) is 2. The molecule has 0 saturated carbocycles. The van der Waals surface area contributed by atoms with E-state index in [4.69, 9.17) is 11.6 Å². The van der Waals surface area contributed by atoms with Gasteiger partial charge in [0.2, 0.25) is 0 Å². The van der Waals surface area contributed by atoms with Gasteiger partial charge in [0.15, 0.2) is 0 Å². The number of carbonyl (C=O) groups excluding carboxylic acids is 1. The molecule has 3 rings (SSSR count). The third kappa shape index (κ3) is 4.01. The van der Waals surface area contributed by atoms with Gasteiger partial charge in [0.05, 0.1) is 18.3 Å². The summed E-state index contributed by atoms with van der Waals surface area (Å²) in [4.78, 5) is 11.3. The summed E-state index contributed by atoms with van der Waals surface area (Å²) in [5.74, 6) is -1.31. The summed E-state index contributed by atoms with van der Waals surface area (Å²) in [6.07, 6.45) is -2.64. The van der Waals surface area contributed by atoms with E-state index in [2.05, 4.69) is 9.84 Å². The van der Waals surface area contributed by atoms with E-state index in [0.717, 1.165) is 25.3 Å². The number of benzene rings is 2. The lowest BCUT2D eigenvalue weighted by Crippen LogP contribution is -2.18. The second-order valence-corrected chi connectivity index (χ2v) is 6.28. The van der Waals surface area contributed by atoms with Gasteiger partial charge in [0, 0.05) is 22.9 Å². The first-order valence-corrected chi connectivity index (χ1v) is 8.36. The molecule has 0 aliphatic rings.